The number of benzene rings is 1. The molecule has 0 aliphatic heterocycles. The highest BCUT2D eigenvalue weighted by Gasteiger charge is 2.08. The lowest BCUT2D eigenvalue weighted by atomic mass is 10.0. The number of rotatable bonds is 4. The van der Waals surface area contributed by atoms with Gasteiger partial charge in [-0.25, -0.2) is 0 Å². The predicted octanol–water partition coefficient (Wildman–Crippen LogP) is 3.33. The summed E-state index contributed by atoms with van der Waals surface area (Å²) < 4.78 is 6.54. The molecule has 0 radical (unpaired) electrons. The fraction of sp³-hybridized carbons (Fsp3) is 0.500. The van der Waals surface area contributed by atoms with E-state index < -0.39 is 0 Å². The van der Waals surface area contributed by atoms with E-state index in [1.165, 1.54) is 0 Å². The number of hydrogen-bond donors (Lipinski definition) is 1. The first-order valence-electron chi connectivity index (χ1n) is 5.11. The minimum atomic E-state index is 0.161. The highest BCUT2D eigenvalue weighted by atomic mass is 79.9. The van der Waals surface area contributed by atoms with E-state index in [1.807, 2.05) is 39.0 Å². The maximum atomic E-state index is 9.05. The van der Waals surface area contributed by atoms with Crippen molar-refractivity contribution in [2.45, 2.75) is 32.8 Å². The summed E-state index contributed by atoms with van der Waals surface area (Å²) in [6.07, 6.45) is 0.169. The summed E-state index contributed by atoms with van der Waals surface area (Å²) in [5.74, 6) is 1.01. The van der Waals surface area contributed by atoms with Crippen molar-refractivity contribution >= 4 is 15.9 Å². The van der Waals surface area contributed by atoms with Crippen LogP contribution in [0.2, 0.25) is 0 Å². The second-order valence-corrected chi connectivity index (χ2v) is 4.79. The molecule has 0 bridgehead atoms. The molecule has 1 atom stereocenters. The second-order valence-electron chi connectivity index (χ2n) is 3.94. The lowest BCUT2D eigenvalue weighted by Gasteiger charge is -2.14. The highest BCUT2D eigenvalue weighted by molar-refractivity contribution is 9.10. The molecule has 0 heterocycles. The minimum absolute atomic E-state index is 0.161. The molecule has 0 fully saturated rings. The first-order valence-corrected chi connectivity index (χ1v) is 5.91. The maximum absolute atomic E-state index is 9.05. The zero-order valence-corrected chi connectivity index (χ0v) is 10.9. The van der Waals surface area contributed by atoms with Crippen LogP contribution in [0.3, 0.4) is 0 Å². The quantitative estimate of drug-likeness (QED) is 0.911. The molecule has 15 heavy (non-hydrogen) atoms. The first-order chi connectivity index (χ1) is 7.04. The molecule has 0 saturated heterocycles. The van der Waals surface area contributed by atoms with Crippen LogP contribution in [0.1, 0.15) is 32.3 Å². The van der Waals surface area contributed by atoms with Crippen molar-refractivity contribution in [3.63, 3.8) is 0 Å². The molecule has 0 spiro atoms. The van der Waals surface area contributed by atoms with Crippen molar-refractivity contribution in [2.24, 2.45) is 0 Å². The Labute approximate surface area is 99.4 Å². The molecule has 1 N–H and O–H groups in total. The van der Waals surface area contributed by atoms with E-state index in [0.717, 1.165) is 15.8 Å². The summed E-state index contributed by atoms with van der Waals surface area (Å²) in [5, 5.41) is 9.05. The number of hydrogen-bond acceptors (Lipinski definition) is 2. The Morgan fingerprint density at radius 3 is 2.47 bits per heavy atom. The molecule has 0 saturated carbocycles. The summed E-state index contributed by atoms with van der Waals surface area (Å²) in [6, 6.07) is 5.92. The van der Waals surface area contributed by atoms with E-state index >= 15 is 0 Å². The Hall–Kier alpha value is -0.540. The van der Waals surface area contributed by atoms with Crippen molar-refractivity contribution in [3.05, 3.63) is 28.2 Å². The molecular formula is C12H17BrO2. The van der Waals surface area contributed by atoms with Crippen LogP contribution < -0.4 is 4.74 Å². The molecule has 3 heteroatoms. The van der Waals surface area contributed by atoms with Gasteiger partial charge in [-0.05, 0) is 47.5 Å². The Morgan fingerprint density at radius 1 is 1.33 bits per heavy atom. The van der Waals surface area contributed by atoms with Crippen LogP contribution in [0.25, 0.3) is 0 Å². The monoisotopic (exact) mass is 272 g/mol. The van der Waals surface area contributed by atoms with Gasteiger partial charge in [0.2, 0.25) is 0 Å². The fourth-order valence-electron chi connectivity index (χ4n) is 1.28. The largest absolute Gasteiger partial charge is 0.490 e. The van der Waals surface area contributed by atoms with Crippen LogP contribution in [-0.2, 0) is 0 Å². The van der Waals surface area contributed by atoms with Crippen molar-refractivity contribution in [2.75, 3.05) is 6.61 Å². The molecule has 1 unspecified atom stereocenters. The first kappa shape index (κ1) is 12.5. The third-order valence-electron chi connectivity index (χ3n) is 2.16. The predicted molar refractivity (Wildman–Crippen MR) is 65.4 cm³/mol. The molecule has 0 aliphatic rings. The Morgan fingerprint density at radius 2 is 2.00 bits per heavy atom. The van der Waals surface area contributed by atoms with Gasteiger partial charge in [0, 0.05) is 12.5 Å². The van der Waals surface area contributed by atoms with Crippen molar-refractivity contribution < 1.29 is 9.84 Å². The molecule has 0 aliphatic carbocycles. The van der Waals surface area contributed by atoms with Gasteiger partial charge in [-0.15, -0.1) is 0 Å². The van der Waals surface area contributed by atoms with Gasteiger partial charge in [-0.2, -0.15) is 0 Å². The number of aliphatic hydroxyl groups is 1. The summed E-state index contributed by atoms with van der Waals surface area (Å²) in [5.41, 5.74) is 1.11. The van der Waals surface area contributed by atoms with Crippen LogP contribution in [0, 0.1) is 0 Å². The minimum Gasteiger partial charge on any atom is -0.490 e. The van der Waals surface area contributed by atoms with Gasteiger partial charge in [-0.3, -0.25) is 0 Å². The molecule has 0 amide bonds. The maximum Gasteiger partial charge on any atom is 0.133 e. The van der Waals surface area contributed by atoms with E-state index in [0.29, 0.717) is 0 Å². The Kier molecular flexibility index (Phi) is 4.61. The Balaban J connectivity index is 2.88. The number of aliphatic hydroxyl groups excluding tert-OH is 1. The third-order valence-corrected chi connectivity index (χ3v) is 2.78. The van der Waals surface area contributed by atoms with E-state index in [-0.39, 0.29) is 18.6 Å². The smallest absolute Gasteiger partial charge is 0.133 e. The fourth-order valence-corrected chi connectivity index (χ4v) is 1.77. The highest BCUT2D eigenvalue weighted by Crippen LogP contribution is 2.29. The lowest BCUT2D eigenvalue weighted by molar-refractivity contribution is 0.240. The molecule has 0 aromatic heterocycles. The summed E-state index contributed by atoms with van der Waals surface area (Å²) in [6.45, 7) is 6.15. The zero-order valence-electron chi connectivity index (χ0n) is 9.33. The third kappa shape index (κ3) is 3.50. The van der Waals surface area contributed by atoms with Crippen LogP contribution >= 0.6 is 15.9 Å². The van der Waals surface area contributed by atoms with Crippen LogP contribution in [0.4, 0.5) is 0 Å². The second kappa shape index (κ2) is 5.52. The molecule has 84 valence electrons. The van der Waals surface area contributed by atoms with Gasteiger partial charge in [-0.1, -0.05) is 13.0 Å². The number of halogens is 1. The van der Waals surface area contributed by atoms with Crippen molar-refractivity contribution in [1.82, 2.24) is 0 Å². The summed E-state index contributed by atoms with van der Waals surface area (Å²) in [7, 11) is 0. The lowest BCUT2D eigenvalue weighted by Crippen LogP contribution is -2.06. The van der Waals surface area contributed by atoms with Gasteiger partial charge in [0.15, 0.2) is 0 Å². The van der Waals surface area contributed by atoms with E-state index in [4.69, 9.17) is 9.84 Å². The van der Waals surface area contributed by atoms with Crippen LogP contribution in [0.5, 0.6) is 5.75 Å². The topological polar surface area (TPSA) is 29.5 Å². The van der Waals surface area contributed by atoms with Gasteiger partial charge in [0.1, 0.15) is 5.75 Å². The molecule has 1 aromatic carbocycles. The summed E-state index contributed by atoms with van der Waals surface area (Å²) in [4.78, 5) is 0. The van der Waals surface area contributed by atoms with Crippen molar-refractivity contribution in [3.8, 4) is 5.75 Å². The average Bonchev–Trinajstić information content (AvgIpc) is 2.19. The number of ether oxygens (including phenoxy) is 1. The Bertz CT molecular complexity index is 323. The van der Waals surface area contributed by atoms with Gasteiger partial charge in [0.05, 0.1) is 10.6 Å². The molecule has 2 nitrogen and oxygen atoms in total. The van der Waals surface area contributed by atoms with Gasteiger partial charge in [0.25, 0.3) is 0 Å². The summed E-state index contributed by atoms with van der Waals surface area (Å²) >= 11 is 3.47. The van der Waals surface area contributed by atoms with Gasteiger partial charge >= 0.3 is 0 Å². The van der Waals surface area contributed by atoms with Crippen LogP contribution in [0.15, 0.2) is 22.7 Å². The molecule has 1 rings (SSSR count). The van der Waals surface area contributed by atoms with E-state index in [1.54, 1.807) is 0 Å². The molecular weight excluding hydrogens is 256 g/mol. The van der Waals surface area contributed by atoms with Crippen LogP contribution in [-0.4, -0.2) is 17.8 Å². The average molecular weight is 273 g/mol. The zero-order chi connectivity index (χ0) is 11.4. The van der Waals surface area contributed by atoms with Gasteiger partial charge < -0.3 is 9.84 Å². The van der Waals surface area contributed by atoms with Crippen molar-refractivity contribution in [1.29, 1.82) is 0 Å². The molecule has 1 aromatic rings. The van der Waals surface area contributed by atoms with E-state index in [9.17, 15) is 0 Å². The standard InChI is InChI=1S/C12H17BrO2/c1-8(2)15-12-5-4-10(6-11(12)13)9(3)7-14/h4-6,8-9,14H,7H2,1-3H3. The SMILES string of the molecule is CC(C)Oc1ccc(C(C)CO)cc1Br. The normalized spacial score (nSPS) is 12.9. The van der Waals surface area contributed by atoms with E-state index in [2.05, 4.69) is 15.9 Å².